The molecule has 0 saturated heterocycles. The summed E-state index contributed by atoms with van der Waals surface area (Å²) in [6, 6.07) is 62.1. The predicted molar refractivity (Wildman–Crippen MR) is 304 cm³/mol. The van der Waals surface area contributed by atoms with E-state index in [-0.39, 0.29) is 12.0 Å². The maximum Gasteiger partial charge on any atom is 0.0981 e. The van der Waals surface area contributed by atoms with E-state index in [1.165, 1.54) is 61.7 Å². The van der Waals surface area contributed by atoms with Crippen LogP contribution in [-0.2, 0) is 0 Å². The van der Waals surface area contributed by atoms with Gasteiger partial charge in [-0.15, -0.1) is 6.42 Å². The van der Waals surface area contributed by atoms with Crippen LogP contribution in [0.1, 0.15) is 78.8 Å². The number of allylic oxidation sites excluding steroid dienone is 8. The van der Waals surface area contributed by atoms with E-state index in [9.17, 15) is 0 Å². The van der Waals surface area contributed by atoms with E-state index >= 15 is 0 Å². The van der Waals surface area contributed by atoms with Crippen molar-refractivity contribution in [2.75, 3.05) is 19.6 Å². The zero-order chi connectivity index (χ0) is 49.4. The fourth-order valence-electron chi connectivity index (χ4n) is 9.64. The minimum Gasteiger partial charge on any atom is -0.331 e. The minimum absolute atomic E-state index is 0.0833. The lowest BCUT2D eigenvalue weighted by Gasteiger charge is -2.36. The summed E-state index contributed by atoms with van der Waals surface area (Å²) in [5, 5.41) is 0. The van der Waals surface area contributed by atoms with E-state index in [2.05, 4.69) is 280 Å². The second kappa shape index (κ2) is 21.7. The van der Waals surface area contributed by atoms with Gasteiger partial charge in [0.25, 0.3) is 0 Å². The Labute approximate surface area is 423 Å². The highest BCUT2D eigenvalue weighted by Crippen LogP contribution is 2.41. The van der Waals surface area contributed by atoms with Gasteiger partial charge in [-0.25, -0.2) is 0 Å². The Kier molecular flexibility index (Phi) is 14.7. The lowest BCUT2D eigenvalue weighted by atomic mass is 9.90. The number of nitrogens with zero attached hydrogens (tertiary/aromatic N) is 4. The summed E-state index contributed by atoms with van der Waals surface area (Å²) in [5.41, 5.74) is 21.5. The van der Waals surface area contributed by atoms with Gasteiger partial charge in [0.2, 0.25) is 0 Å². The fraction of sp³-hybridized carbons (Fsp3) is 0.194. The summed E-state index contributed by atoms with van der Waals surface area (Å²) in [6.07, 6.45) is 23.7. The molecule has 0 N–H and O–H groups in total. The molecule has 2 atom stereocenters. The Morgan fingerprint density at radius 1 is 0.493 bits per heavy atom. The Morgan fingerprint density at radius 2 is 0.845 bits per heavy atom. The minimum atomic E-state index is -0.0833. The van der Waals surface area contributed by atoms with Crippen molar-refractivity contribution in [3.63, 3.8) is 0 Å². The van der Waals surface area contributed by atoms with Gasteiger partial charge in [0.1, 0.15) is 0 Å². The smallest absolute Gasteiger partial charge is 0.0981 e. The molecule has 0 fully saturated rings. The van der Waals surface area contributed by atoms with Gasteiger partial charge in [0, 0.05) is 68.5 Å². The number of benzene rings is 7. The zero-order valence-electron chi connectivity index (χ0n) is 42.5. The van der Waals surface area contributed by atoms with E-state index < -0.39 is 0 Å². The molecule has 0 aliphatic heterocycles. The second-order valence-corrected chi connectivity index (χ2v) is 19.5. The molecule has 0 aromatic heterocycles. The summed E-state index contributed by atoms with van der Waals surface area (Å²) >= 11 is 0. The molecule has 0 spiro atoms. The summed E-state index contributed by atoms with van der Waals surface area (Å²) in [5.74, 6) is 3.39. The molecule has 4 heteroatoms. The van der Waals surface area contributed by atoms with Crippen LogP contribution in [-0.4, -0.2) is 6.04 Å². The lowest BCUT2D eigenvalue weighted by Crippen LogP contribution is -2.34. The van der Waals surface area contributed by atoms with Gasteiger partial charge in [0.05, 0.1) is 6.04 Å². The SMILES string of the molecule is C#CC(CC=C(C)C)N(C1=CC=C(N(C2=CCC(c3ccc(N(c4ccc(C)cc4)c4ccc(N(c5ccc(C)cc5)c5ccc(C)cc5)cc4)cc3)C=C2)c2ccc(C)cc2)CC1)c1ccc(C)cc1. The van der Waals surface area contributed by atoms with Crippen LogP contribution in [0.4, 0.5) is 45.5 Å². The van der Waals surface area contributed by atoms with Gasteiger partial charge in [-0.05, 0) is 195 Å². The monoisotopic (exact) mass is 927 g/mol. The van der Waals surface area contributed by atoms with Crippen LogP contribution in [0.3, 0.4) is 0 Å². The van der Waals surface area contributed by atoms with Crippen LogP contribution < -0.4 is 19.6 Å². The molecule has 0 radical (unpaired) electrons. The van der Waals surface area contributed by atoms with Gasteiger partial charge >= 0.3 is 0 Å². The average molecular weight is 927 g/mol. The first-order chi connectivity index (χ1) is 34.5. The molecular formula is C67H66N4. The van der Waals surface area contributed by atoms with Crippen LogP contribution in [0.25, 0.3) is 0 Å². The number of rotatable bonds is 15. The molecule has 2 aliphatic carbocycles. The highest BCUT2D eigenvalue weighted by atomic mass is 15.2. The quantitative estimate of drug-likeness (QED) is 0.0750. The standard InChI is InChI=1S/C67H66N4/c1-9-56(25-10-48(2)3)68(57-26-11-49(4)12-27-57)64-40-42-66(43-41-64)70(60-32-17-52(7)18-33-60)62-36-21-54(22-37-62)55-23-38-63(39-24-55)71(61-34-19-53(8)20-35-61)67-46-44-65(45-47-67)69(58-28-13-50(5)14-29-58)59-30-15-51(6)16-31-59/h1,10-21,23-24,26-40,42,44-47,54,56H,22,25,41,43H2,2-8H3. The van der Waals surface area contributed by atoms with Crippen molar-refractivity contribution in [1.29, 1.82) is 0 Å². The molecule has 4 nitrogen and oxygen atoms in total. The first-order valence-corrected chi connectivity index (χ1v) is 25.1. The van der Waals surface area contributed by atoms with Crippen molar-refractivity contribution in [2.24, 2.45) is 0 Å². The second-order valence-electron chi connectivity index (χ2n) is 19.5. The van der Waals surface area contributed by atoms with Gasteiger partial charge < -0.3 is 19.6 Å². The van der Waals surface area contributed by atoms with Crippen LogP contribution in [0.15, 0.2) is 229 Å². The van der Waals surface area contributed by atoms with Crippen molar-refractivity contribution < 1.29 is 0 Å². The number of hydrogen-bond acceptors (Lipinski definition) is 4. The van der Waals surface area contributed by atoms with Crippen LogP contribution >= 0.6 is 0 Å². The molecule has 354 valence electrons. The predicted octanol–water partition coefficient (Wildman–Crippen LogP) is 18.0. The third-order valence-electron chi connectivity index (χ3n) is 13.7. The number of hydrogen-bond donors (Lipinski definition) is 0. The van der Waals surface area contributed by atoms with E-state index in [1.807, 2.05) is 0 Å². The molecule has 0 bridgehead atoms. The molecule has 71 heavy (non-hydrogen) atoms. The van der Waals surface area contributed by atoms with E-state index in [0.29, 0.717) is 0 Å². The fourth-order valence-corrected chi connectivity index (χ4v) is 9.64. The Balaban J connectivity index is 0.979. The third kappa shape index (κ3) is 11.2. The summed E-state index contributed by atoms with van der Waals surface area (Å²) in [7, 11) is 0. The maximum absolute atomic E-state index is 6.28. The topological polar surface area (TPSA) is 13.0 Å². The highest BCUT2D eigenvalue weighted by Gasteiger charge is 2.26. The van der Waals surface area contributed by atoms with E-state index in [0.717, 1.165) is 65.5 Å². The molecule has 0 saturated carbocycles. The van der Waals surface area contributed by atoms with E-state index in [1.54, 1.807) is 0 Å². The Morgan fingerprint density at radius 3 is 1.20 bits per heavy atom. The van der Waals surface area contributed by atoms with Crippen molar-refractivity contribution in [2.45, 2.75) is 86.1 Å². The summed E-state index contributed by atoms with van der Waals surface area (Å²) in [6.45, 7) is 15.0. The van der Waals surface area contributed by atoms with Crippen LogP contribution in [0.5, 0.6) is 0 Å². The Bertz CT molecular complexity index is 3070. The lowest BCUT2D eigenvalue weighted by molar-refractivity contribution is 0.725. The maximum atomic E-state index is 6.28. The molecule has 7 aromatic rings. The van der Waals surface area contributed by atoms with Crippen molar-refractivity contribution in [3.05, 3.63) is 262 Å². The third-order valence-corrected chi connectivity index (χ3v) is 13.7. The number of terminal acetylenes is 1. The molecule has 2 unspecified atom stereocenters. The molecule has 9 rings (SSSR count). The van der Waals surface area contributed by atoms with Crippen molar-refractivity contribution in [3.8, 4) is 12.3 Å². The normalized spacial score (nSPS) is 14.6. The van der Waals surface area contributed by atoms with Crippen LogP contribution in [0, 0.1) is 47.0 Å². The number of aryl methyl sites for hydroxylation is 5. The molecule has 2 aliphatic rings. The van der Waals surface area contributed by atoms with Gasteiger partial charge in [-0.1, -0.05) is 130 Å². The molecule has 0 amide bonds. The summed E-state index contributed by atoms with van der Waals surface area (Å²) in [4.78, 5) is 9.51. The first kappa shape index (κ1) is 48.0. The highest BCUT2D eigenvalue weighted by molar-refractivity contribution is 5.81. The molecule has 0 heterocycles. The van der Waals surface area contributed by atoms with Gasteiger partial charge in [-0.3, -0.25) is 0 Å². The first-order valence-electron chi connectivity index (χ1n) is 25.1. The Hall–Kier alpha value is -8.00. The van der Waals surface area contributed by atoms with Gasteiger partial charge in [0.15, 0.2) is 0 Å². The van der Waals surface area contributed by atoms with Crippen molar-refractivity contribution >= 4 is 45.5 Å². The largest absolute Gasteiger partial charge is 0.331 e. The van der Waals surface area contributed by atoms with Gasteiger partial charge in [-0.2, -0.15) is 0 Å². The average Bonchev–Trinajstić information content (AvgIpc) is 3.39. The zero-order valence-corrected chi connectivity index (χ0v) is 42.5. The van der Waals surface area contributed by atoms with Crippen LogP contribution in [0.2, 0.25) is 0 Å². The number of anilines is 8. The van der Waals surface area contributed by atoms with E-state index in [4.69, 9.17) is 6.42 Å². The molecular weight excluding hydrogens is 861 g/mol. The van der Waals surface area contributed by atoms with Crippen molar-refractivity contribution in [1.82, 2.24) is 0 Å². The molecule has 7 aromatic carbocycles. The summed E-state index contributed by atoms with van der Waals surface area (Å²) < 4.78 is 0.